The van der Waals surface area contributed by atoms with Crippen LogP contribution in [0, 0.1) is 0 Å². The summed E-state index contributed by atoms with van der Waals surface area (Å²) >= 11 is 0. The van der Waals surface area contributed by atoms with E-state index in [0.29, 0.717) is 0 Å². The van der Waals surface area contributed by atoms with Crippen molar-refractivity contribution in [2.45, 2.75) is 6.92 Å². The summed E-state index contributed by atoms with van der Waals surface area (Å²) < 4.78 is 0. The SMILES string of the molecule is C/C=C/C1=CCN(C)C=C1. The van der Waals surface area contributed by atoms with Gasteiger partial charge in [0.05, 0.1) is 0 Å². The van der Waals surface area contributed by atoms with Crippen molar-refractivity contribution in [3.8, 4) is 0 Å². The smallest absolute Gasteiger partial charge is 0.0359 e. The van der Waals surface area contributed by atoms with Gasteiger partial charge in [0.15, 0.2) is 0 Å². The first kappa shape index (κ1) is 7.13. The fourth-order valence-corrected chi connectivity index (χ4v) is 0.908. The summed E-state index contributed by atoms with van der Waals surface area (Å²) in [6.07, 6.45) is 10.6. The second-order valence-corrected chi connectivity index (χ2v) is 2.46. The average Bonchev–Trinajstić information content (AvgIpc) is 1.95. The van der Waals surface area contributed by atoms with Crippen LogP contribution < -0.4 is 0 Å². The lowest BCUT2D eigenvalue weighted by Gasteiger charge is -2.15. The summed E-state index contributed by atoms with van der Waals surface area (Å²) in [5.41, 5.74) is 1.31. The van der Waals surface area contributed by atoms with Crippen molar-refractivity contribution in [3.05, 3.63) is 36.1 Å². The minimum atomic E-state index is 1.02. The molecule has 0 saturated carbocycles. The van der Waals surface area contributed by atoms with Crippen molar-refractivity contribution < 1.29 is 0 Å². The van der Waals surface area contributed by atoms with Gasteiger partial charge in [-0.15, -0.1) is 0 Å². The minimum absolute atomic E-state index is 1.02. The van der Waals surface area contributed by atoms with E-state index in [2.05, 4.69) is 42.5 Å². The Kier molecular flexibility index (Phi) is 2.32. The standard InChI is InChI=1S/C9H13N/c1-3-4-9-5-7-10(2)8-6-9/h3-7H,8H2,1-2H3/b4-3+. The molecule has 0 saturated heterocycles. The van der Waals surface area contributed by atoms with E-state index in [-0.39, 0.29) is 0 Å². The summed E-state index contributed by atoms with van der Waals surface area (Å²) in [7, 11) is 2.07. The molecule has 1 heteroatoms. The lowest BCUT2D eigenvalue weighted by atomic mass is 10.2. The predicted molar refractivity (Wildman–Crippen MR) is 44.7 cm³/mol. The first-order valence-corrected chi connectivity index (χ1v) is 3.54. The monoisotopic (exact) mass is 135 g/mol. The Balaban J connectivity index is 2.58. The lowest BCUT2D eigenvalue weighted by Crippen LogP contribution is -2.12. The molecule has 0 bridgehead atoms. The first-order valence-electron chi connectivity index (χ1n) is 3.54. The van der Waals surface area contributed by atoms with Crippen molar-refractivity contribution in [1.29, 1.82) is 0 Å². The van der Waals surface area contributed by atoms with Gasteiger partial charge >= 0.3 is 0 Å². The highest BCUT2D eigenvalue weighted by Gasteiger charge is 1.94. The number of nitrogens with zero attached hydrogens (tertiary/aromatic N) is 1. The molecule has 0 amide bonds. The number of hydrogen-bond acceptors (Lipinski definition) is 1. The van der Waals surface area contributed by atoms with E-state index in [1.54, 1.807) is 0 Å². The minimum Gasteiger partial charge on any atom is -0.377 e. The van der Waals surface area contributed by atoms with Gasteiger partial charge in [0, 0.05) is 13.6 Å². The largest absolute Gasteiger partial charge is 0.377 e. The molecule has 0 fully saturated rings. The van der Waals surface area contributed by atoms with Crippen LogP contribution in [0.25, 0.3) is 0 Å². The van der Waals surface area contributed by atoms with Crippen molar-refractivity contribution in [2.75, 3.05) is 13.6 Å². The van der Waals surface area contributed by atoms with E-state index in [1.165, 1.54) is 5.57 Å². The average molecular weight is 135 g/mol. The molecular formula is C9H13N. The normalized spacial score (nSPS) is 18.2. The quantitative estimate of drug-likeness (QED) is 0.531. The fraction of sp³-hybridized carbons (Fsp3) is 0.333. The van der Waals surface area contributed by atoms with Crippen LogP contribution in [0.15, 0.2) is 36.1 Å². The maximum absolute atomic E-state index is 2.21. The molecule has 0 aromatic rings. The predicted octanol–water partition coefficient (Wildman–Crippen LogP) is 1.95. The highest BCUT2D eigenvalue weighted by molar-refractivity contribution is 5.32. The Hall–Kier alpha value is -0.980. The van der Waals surface area contributed by atoms with Gasteiger partial charge in [-0.2, -0.15) is 0 Å². The molecule has 0 N–H and O–H groups in total. The molecule has 0 aliphatic carbocycles. The van der Waals surface area contributed by atoms with Crippen LogP contribution in [0.5, 0.6) is 0 Å². The van der Waals surface area contributed by atoms with Gasteiger partial charge < -0.3 is 4.90 Å². The number of hydrogen-bond donors (Lipinski definition) is 0. The molecule has 1 nitrogen and oxygen atoms in total. The van der Waals surface area contributed by atoms with E-state index in [0.717, 1.165) is 6.54 Å². The summed E-state index contributed by atoms with van der Waals surface area (Å²) in [5.74, 6) is 0. The Bertz CT molecular complexity index is 187. The molecule has 1 heterocycles. The fourth-order valence-electron chi connectivity index (χ4n) is 0.908. The zero-order chi connectivity index (χ0) is 7.40. The van der Waals surface area contributed by atoms with Crippen molar-refractivity contribution in [2.24, 2.45) is 0 Å². The van der Waals surface area contributed by atoms with Gasteiger partial charge in [0.1, 0.15) is 0 Å². The second-order valence-electron chi connectivity index (χ2n) is 2.46. The van der Waals surface area contributed by atoms with Crippen LogP contribution >= 0.6 is 0 Å². The van der Waals surface area contributed by atoms with Gasteiger partial charge in [-0.3, -0.25) is 0 Å². The summed E-state index contributed by atoms with van der Waals surface area (Å²) in [6, 6.07) is 0. The van der Waals surface area contributed by atoms with Crippen LogP contribution in [0.3, 0.4) is 0 Å². The Morgan fingerprint density at radius 3 is 2.90 bits per heavy atom. The zero-order valence-corrected chi connectivity index (χ0v) is 6.54. The third-order valence-electron chi connectivity index (χ3n) is 1.50. The molecule has 0 aromatic heterocycles. The molecular weight excluding hydrogens is 122 g/mol. The van der Waals surface area contributed by atoms with Crippen LogP contribution in [-0.2, 0) is 0 Å². The third-order valence-corrected chi connectivity index (χ3v) is 1.50. The Morgan fingerprint density at radius 2 is 2.40 bits per heavy atom. The summed E-state index contributed by atoms with van der Waals surface area (Å²) in [5, 5.41) is 0. The van der Waals surface area contributed by atoms with Crippen LogP contribution in [0.1, 0.15) is 6.92 Å². The first-order chi connectivity index (χ1) is 4.83. The third kappa shape index (κ3) is 1.76. The summed E-state index contributed by atoms with van der Waals surface area (Å²) in [6.45, 7) is 3.06. The van der Waals surface area contributed by atoms with Gasteiger partial charge in [-0.05, 0) is 24.8 Å². The molecule has 10 heavy (non-hydrogen) atoms. The van der Waals surface area contributed by atoms with Gasteiger partial charge in [-0.1, -0.05) is 18.2 Å². The molecule has 1 aliphatic heterocycles. The van der Waals surface area contributed by atoms with Crippen molar-refractivity contribution in [1.82, 2.24) is 4.90 Å². The van der Waals surface area contributed by atoms with Crippen LogP contribution in [-0.4, -0.2) is 18.5 Å². The second kappa shape index (κ2) is 3.25. The molecule has 0 spiro atoms. The molecule has 0 aromatic carbocycles. The van der Waals surface area contributed by atoms with E-state index in [9.17, 15) is 0 Å². The molecule has 0 radical (unpaired) electrons. The van der Waals surface area contributed by atoms with E-state index < -0.39 is 0 Å². The molecule has 54 valence electrons. The van der Waals surface area contributed by atoms with Crippen molar-refractivity contribution in [3.63, 3.8) is 0 Å². The Labute approximate surface area is 62.3 Å². The molecule has 1 aliphatic rings. The number of allylic oxidation sites excluding steroid dienone is 4. The van der Waals surface area contributed by atoms with E-state index in [4.69, 9.17) is 0 Å². The molecule has 1 rings (SSSR count). The van der Waals surface area contributed by atoms with Crippen LogP contribution in [0.2, 0.25) is 0 Å². The summed E-state index contributed by atoms with van der Waals surface area (Å²) in [4.78, 5) is 2.15. The highest BCUT2D eigenvalue weighted by Crippen LogP contribution is 2.05. The molecule has 0 unspecified atom stereocenters. The number of rotatable bonds is 1. The van der Waals surface area contributed by atoms with Gasteiger partial charge in [0.25, 0.3) is 0 Å². The van der Waals surface area contributed by atoms with Crippen molar-refractivity contribution >= 4 is 0 Å². The van der Waals surface area contributed by atoms with Gasteiger partial charge in [0.2, 0.25) is 0 Å². The highest BCUT2D eigenvalue weighted by atomic mass is 15.1. The Morgan fingerprint density at radius 1 is 1.60 bits per heavy atom. The topological polar surface area (TPSA) is 3.24 Å². The maximum Gasteiger partial charge on any atom is 0.0359 e. The van der Waals surface area contributed by atoms with Gasteiger partial charge in [-0.25, -0.2) is 0 Å². The maximum atomic E-state index is 2.21. The van der Waals surface area contributed by atoms with Crippen LogP contribution in [0.4, 0.5) is 0 Å². The van der Waals surface area contributed by atoms with E-state index in [1.807, 2.05) is 6.92 Å². The van der Waals surface area contributed by atoms with E-state index >= 15 is 0 Å². The molecule has 0 atom stereocenters. The number of likely N-dealkylation sites (N-methyl/N-ethyl adjacent to an activating group) is 1. The lowest BCUT2D eigenvalue weighted by molar-refractivity contribution is 0.503. The zero-order valence-electron chi connectivity index (χ0n) is 6.54.